The van der Waals surface area contributed by atoms with Crippen LogP contribution in [-0.2, 0) is 4.79 Å². The van der Waals surface area contributed by atoms with Crippen LogP contribution in [-0.4, -0.2) is 96.6 Å². The highest BCUT2D eigenvalue weighted by atomic mass is 19.1. The smallest absolute Gasteiger partial charge is 0.251 e. The van der Waals surface area contributed by atoms with Crippen LogP contribution < -0.4 is 5.32 Å². The summed E-state index contributed by atoms with van der Waals surface area (Å²) in [5, 5.41) is 13.5. The molecule has 3 fully saturated rings. The van der Waals surface area contributed by atoms with Crippen LogP contribution in [0.2, 0.25) is 0 Å². The maximum Gasteiger partial charge on any atom is 0.251 e. The zero-order valence-electron chi connectivity index (χ0n) is 18.2. The van der Waals surface area contributed by atoms with E-state index in [0.717, 1.165) is 45.6 Å². The number of halogens is 1. The second-order valence-electron chi connectivity index (χ2n) is 9.28. The lowest BCUT2D eigenvalue weighted by molar-refractivity contribution is -0.130. The monoisotopic (exact) mass is 432 g/mol. The van der Waals surface area contributed by atoms with Gasteiger partial charge in [-0.2, -0.15) is 0 Å². The van der Waals surface area contributed by atoms with Crippen molar-refractivity contribution in [3.8, 4) is 0 Å². The Kier molecular flexibility index (Phi) is 6.89. The molecule has 1 saturated carbocycles. The number of nitrogens with one attached hydrogen (secondary N) is 1. The normalized spacial score (nSPS) is 29.6. The van der Waals surface area contributed by atoms with Gasteiger partial charge in [-0.1, -0.05) is 0 Å². The highest BCUT2D eigenvalue weighted by Gasteiger charge is 2.44. The Hall–Kier alpha value is -2.03. The van der Waals surface area contributed by atoms with E-state index in [2.05, 4.69) is 22.2 Å². The van der Waals surface area contributed by atoms with Crippen LogP contribution in [0.1, 0.15) is 29.6 Å². The van der Waals surface area contributed by atoms with Gasteiger partial charge in [0.25, 0.3) is 5.91 Å². The number of fused-ring (bicyclic) bond motifs is 1. The molecule has 2 aliphatic heterocycles. The number of hydrogen-bond acceptors (Lipinski definition) is 5. The number of amides is 2. The number of likely N-dealkylation sites (tertiary alicyclic amines) is 1. The van der Waals surface area contributed by atoms with Crippen molar-refractivity contribution in [2.75, 3.05) is 52.9 Å². The Labute approximate surface area is 183 Å². The van der Waals surface area contributed by atoms with E-state index in [1.54, 1.807) is 0 Å². The van der Waals surface area contributed by atoms with E-state index in [1.165, 1.54) is 24.3 Å². The van der Waals surface area contributed by atoms with Crippen molar-refractivity contribution in [1.29, 1.82) is 0 Å². The summed E-state index contributed by atoms with van der Waals surface area (Å²) in [4.78, 5) is 31.5. The molecule has 4 rings (SSSR count). The fourth-order valence-electron chi connectivity index (χ4n) is 5.30. The second kappa shape index (κ2) is 9.63. The molecular weight excluding hydrogens is 399 g/mol. The molecule has 2 saturated heterocycles. The number of carbonyl (C=O) groups excluding carboxylic acids is 2. The molecule has 4 atom stereocenters. The molecule has 0 spiro atoms. The maximum absolute atomic E-state index is 13.0. The lowest BCUT2D eigenvalue weighted by Gasteiger charge is -2.44. The predicted molar refractivity (Wildman–Crippen MR) is 115 cm³/mol. The van der Waals surface area contributed by atoms with Crippen LogP contribution in [0.15, 0.2) is 24.3 Å². The molecule has 2 N–H and O–H groups in total. The van der Waals surface area contributed by atoms with Gasteiger partial charge >= 0.3 is 0 Å². The number of likely N-dealkylation sites (N-methyl/N-ethyl adjacent to an activating group) is 1. The van der Waals surface area contributed by atoms with Gasteiger partial charge in [0.1, 0.15) is 5.82 Å². The molecule has 3 aliphatic rings. The minimum Gasteiger partial charge on any atom is -0.391 e. The Morgan fingerprint density at radius 2 is 1.71 bits per heavy atom. The van der Waals surface area contributed by atoms with Gasteiger partial charge in [-0.3, -0.25) is 14.5 Å². The van der Waals surface area contributed by atoms with Crippen molar-refractivity contribution < 1.29 is 19.1 Å². The number of rotatable bonds is 5. The van der Waals surface area contributed by atoms with Crippen molar-refractivity contribution in [3.63, 3.8) is 0 Å². The zero-order valence-corrected chi connectivity index (χ0v) is 18.2. The van der Waals surface area contributed by atoms with Crippen molar-refractivity contribution in [2.45, 2.75) is 31.4 Å². The largest absolute Gasteiger partial charge is 0.391 e. The summed E-state index contributed by atoms with van der Waals surface area (Å²) < 4.78 is 13.0. The van der Waals surface area contributed by atoms with E-state index in [1.807, 2.05) is 4.90 Å². The number of carbonyl (C=O) groups is 2. The molecule has 7 nitrogen and oxygen atoms in total. The fourth-order valence-corrected chi connectivity index (χ4v) is 5.30. The second-order valence-corrected chi connectivity index (χ2v) is 9.28. The first-order valence-corrected chi connectivity index (χ1v) is 11.3. The molecule has 2 amide bonds. The maximum atomic E-state index is 13.0. The first-order chi connectivity index (χ1) is 14.9. The number of aliphatic hydroxyl groups excluding tert-OH is 1. The molecule has 2 heterocycles. The molecule has 170 valence electrons. The predicted octanol–water partition coefficient (Wildman–Crippen LogP) is 0.791. The molecule has 31 heavy (non-hydrogen) atoms. The Bertz CT molecular complexity index is 782. The quantitative estimate of drug-likeness (QED) is 0.720. The first-order valence-electron chi connectivity index (χ1n) is 11.3. The van der Waals surface area contributed by atoms with Crippen LogP contribution in [0.5, 0.6) is 0 Å². The highest BCUT2D eigenvalue weighted by molar-refractivity contribution is 5.94. The summed E-state index contributed by atoms with van der Waals surface area (Å²) >= 11 is 0. The summed E-state index contributed by atoms with van der Waals surface area (Å²) in [6.07, 6.45) is 1.62. The summed E-state index contributed by atoms with van der Waals surface area (Å²) in [5.41, 5.74) is 0.380. The highest BCUT2D eigenvalue weighted by Crippen LogP contribution is 2.38. The van der Waals surface area contributed by atoms with E-state index < -0.39 is 0 Å². The van der Waals surface area contributed by atoms with Crippen LogP contribution in [0, 0.1) is 17.7 Å². The molecule has 1 aromatic carbocycles. The lowest BCUT2D eigenvalue weighted by atomic mass is 9.77. The summed E-state index contributed by atoms with van der Waals surface area (Å²) in [6.45, 7) is 5.75. The average molecular weight is 433 g/mol. The summed E-state index contributed by atoms with van der Waals surface area (Å²) in [7, 11) is 2.13. The summed E-state index contributed by atoms with van der Waals surface area (Å²) in [6, 6.07) is 5.55. The average Bonchev–Trinajstić information content (AvgIpc) is 3.17. The van der Waals surface area contributed by atoms with Crippen molar-refractivity contribution in [3.05, 3.63) is 35.6 Å². The van der Waals surface area contributed by atoms with Crippen molar-refractivity contribution in [2.24, 2.45) is 11.8 Å². The van der Waals surface area contributed by atoms with Gasteiger partial charge in [-0.05, 0) is 56.0 Å². The van der Waals surface area contributed by atoms with Crippen LogP contribution in [0.3, 0.4) is 0 Å². The molecule has 0 radical (unpaired) electrons. The first kappa shape index (κ1) is 22.2. The third kappa shape index (κ3) is 5.25. The van der Waals surface area contributed by atoms with E-state index in [0.29, 0.717) is 23.9 Å². The van der Waals surface area contributed by atoms with Crippen LogP contribution in [0.25, 0.3) is 0 Å². The van der Waals surface area contributed by atoms with Gasteiger partial charge in [0.05, 0.1) is 6.10 Å². The van der Waals surface area contributed by atoms with E-state index in [4.69, 9.17) is 0 Å². The number of benzene rings is 1. The van der Waals surface area contributed by atoms with Crippen molar-refractivity contribution in [1.82, 2.24) is 20.0 Å². The van der Waals surface area contributed by atoms with E-state index in [-0.39, 0.29) is 42.7 Å². The van der Waals surface area contributed by atoms with E-state index >= 15 is 0 Å². The third-order valence-electron chi connectivity index (χ3n) is 7.20. The molecule has 0 unspecified atom stereocenters. The van der Waals surface area contributed by atoms with Gasteiger partial charge < -0.3 is 20.2 Å². The fraction of sp³-hybridized carbons (Fsp3) is 0.652. The lowest BCUT2D eigenvalue weighted by Crippen LogP contribution is -2.55. The Morgan fingerprint density at radius 1 is 1.06 bits per heavy atom. The van der Waals surface area contributed by atoms with Gasteiger partial charge in [0.2, 0.25) is 5.91 Å². The molecule has 1 aromatic rings. The third-order valence-corrected chi connectivity index (χ3v) is 7.20. The van der Waals surface area contributed by atoms with Gasteiger partial charge in [-0.25, -0.2) is 4.39 Å². The van der Waals surface area contributed by atoms with Crippen molar-refractivity contribution >= 4 is 11.8 Å². The molecular formula is C23H33FN4O3. The zero-order chi connectivity index (χ0) is 22.0. The van der Waals surface area contributed by atoms with Gasteiger partial charge in [0, 0.05) is 63.8 Å². The Balaban J connectivity index is 1.24. The topological polar surface area (TPSA) is 76.1 Å². The number of nitrogens with zero attached hydrogens (tertiary/aromatic N) is 3. The molecule has 8 heteroatoms. The minimum atomic E-state index is -0.387. The van der Waals surface area contributed by atoms with Crippen LogP contribution >= 0.6 is 0 Å². The number of hydrogen-bond donors (Lipinski definition) is 2. The summed E-state index contributed by atoms with van der Waals surface area (Å²) in [5.74, 6) is 0.143. The van der Waals surface area contributed by atoms with Gasteiger partial charge in [0.15, 0.2) is 0 Å². The Morgan fingerprint density at radius 3 is 2.39 bits per heavy atom. The number of piperazine rings is 1. The molecule has 1 aliphatic carbocycles. The van der Waals surface area contributed by atoms with Gasteiger partial charge in [-0.15, -0.1) is 0 Å². The number of aliphatic hydroxyl groups is 1. The van der Waals surface area contributed by atoms with E-state index in [9.17, 15) is 19.1 Å². The SMILES string of the molecule is CN1CCN([C@@H]2C[C@@H]3CN(C(=O)CCNC(=O)c4ccc(F)cc4)C[C@@H]3C[C@H]2O)CC1. The standard InChI is InChI=1S/C23H33FN4O3/c1-26-8-10-27(11-9-26)20-12-17-14-28(15-18(17)13-21(20)29)22(30)6-7-25-23(31)16-2-4-19(24)5-3-16/h2-5,17-18,20-21,29H,6-15H2,1H3,(H,25,31)/t17-,18+,20-,21-/m1/s1. The van der Waals surface area contributed by atoms with Crippen LogP contribution in [0.4, 0.5) is 4.39 Å². The minimum absolute atomic E-state index is 0.0412. The molecule has 0 aromatic heterocycles. The molecule has 0 bridgehead atoms.